The minimum Gasteiger partial charge on any atom is -0.258 e. The van der Waals surface area contributed by atoms with E-state index in [0.29, 0.717) is 5.56 Å². The van der Waals surface area contributed by atoms with Crippen LogP contribution in [0.4, 0.5) is 5.69 Å². The fraction of sp³-hybridized carbons (Fsp3) is 0.143. The maximum absolute atomic E-state index is 10.4. The average molecular weight is 163 g/mol. The van der Waals surface area contributed by atoms with Gasteiger partial charge in [-0.1, -0.05) is 0 Å². The van der Waals surface area contributed by atoms with E-state index in [4.69, 9.17) is 5.26 Å². The molecule has 0 fully saturated rings. The second-order valence-corrected chi connectivity index (χ2v) is 2.22. The van der Waals surface area contributed by atoms with Gasteiger partial charge >= 0.3 is 0 Å². The van der Waals surface area contributed by atoms with Gasteiger partial charge in [0.2, 0.25) is 0 Å². The van der Waals surface area contributed by atoms with Crippen LogP contribution in [0.25, 0.3) is 0 Å². The number of aryl methyl sites for hydroxylation is 1. The molecule has 0 radical (unpaired) electrons. The fourth-order valence-electron chi connectivity index (χ4n) is 0.771. The second-order valence-electron chi connectivity index (χ2n) is 2.22. The lowest BCUT2D eigenvalue weighted by atomic mass is 10.2. The molecule has 0 saturated carbocycles. The van der Waals surface area contributed by atoms with Gasteiger partial charge in [0.05, 0.1) is 11.0 Å². The third-order valence-electron chi connectivity index (χ3n) is 1.39. The summed E-state index contributed by atoms with van der Waals surface area (Å²) in [5, 5.41) is 18.8. The number of pyridine rings is 1. The molecule has 0 N–H and O–H groups in total. The van der Waals surface area contributed by atoms with Crippen molar-refractivity contribution in [2.24, 2.45) is 0 Å². The van der Waals surface area contributed by atoms with Gasteiger partial charge in [-0.15, -0.1) is 0 Å². The summed E-state index contributed by atoms with van der Waals surface area (Å²) in [6, 6.07) is 2.90. The molecule has 0 spiro atoms. The lowest BCUT2D eigenvalue weighted by molar-refractivity contribution is -0.385. The van der Waals surface area contributed by atoms with Crippen LogP contribution >= 0.6 is 0 Å². The van der Waals surface area contributed by atoms with E-state index in [2.05, 4.69) is 4.98 Å². The summed E-state index contributed by atoms with van der Waals surface area (Å²) in [6.45, 7) is 1.58. The van der Waals surface area contributed by atoms with Gasteiger partial charge in [0.15, 0.2) is 0 Å². The monoisotopic (exact) mass is 163 g/mol. The van der Waals surface area contributed by atoms with Crippen LogP contribution in [0.1, 0.15) is 11.3 Å². The van der Waals surface area contributed by atoms with Gasteiger partial charge in [0.1, 0.15) is 11.8 Å². The topological polar surface area (TPSA) is 79.8 Å². The van der Waals surface area contributed by atoms with E-state index in [0.717, 1.165) is 6.07 Å². The molecule has 1 aromatic heterocycles. The van der Waals surface area contributed by atoms with Crippen LogP contribution in [-0.4, -0.2) is 9.91 Å². The summed E-state index contributed by atoms with van der Waals surface area (Å²) in [7, 11) is 0. The average Bonchev–Trinajstić information content (AvgIpc) is 2.05. The Morgan fingerprint density at radius 1 is 1.75 bits per heavy atom. The molecule has 1 aromatic rings. The molecule has 0 aliphatic heterocycles. The summed E-state index contributed by atoms with van der Waals surface area (Å²) in [4.78, 5) is 13.5. The number of hydrogen-bond donors (Lipinski definition) is 0. The quantitative estimate of drug-likeness (QED) is 0.459. The molecule has 1 rings (SSSR count). The van der Waals surface area contributed by atoms with Gasteiger partial charge in [0, 0.05) is 11.8 Å². The summed E-state index contributed by atoms with van der Waals surface area (Å²) < 4.78 is 0. The van der Waals surface area contributed by atoms with Gasteiger partial charge in [0.25, 0.3) is 5.69 Å². The maximum atomic E-state index is 10.4. The van der Waals surface area contributed by atoms with Crippen LogP contribution in [-0.2, 0) is 0 Å². The van der Waals surface area contributed by atoms with E-state index in [1.54, 1.807) is 13.0 Å². The first-order valence-electron chi connectivity index (χ1n) is 3.16. The normalized spacial score (nSPS) is 9.00. The molecule has 0 saturated heterocycles. The number of aromatic nitrogens is 1. The Kier molecular flexibility index (Phi) is 2.01. The maximum Gasteiger partial charge on any atom is 0.276 e. The first kappa shape index (κ1) is 8.14. The van der Waals surface area contributed by atoms with Crippen molar-refractivity contribution in [1.29, 1.82) is 5.26 Å². The Bertz CT molecular complexity index is 367. The molecule has 0 bridgehead atoms. The van der Waals surface area contributed by atoms with E-state index in [1.807, 2.05) is 0 Å². The van der Waals surface area contributed by atoms with Gasteiger partial charge in [-0.05, 0) is 6.92 Å². The van der Waals surface area contributed by atoms with Crippen molar-refractivity contribution in [2.75, 3.05) is 0 Å². The van der Waals surface area contributed by atoms with Crippen LogP contribution < -0.4 is 0 Å². The number of hydrogen-bond acceptors (Lipinski definition) is 4. The van der Waals surface area contributed by atoms with Crippen molar-refractivity contribution < 1.29 is 4.92 Å². The zero-order chi connectivity index (χ0) is 9.14. The summed E-state index contributed by atoms with van der Waals surface area (Å²) in [5.74, 6) is 0. The predicted molar refractivity (Wildman–Crippen MR) is 40.3 cm³/mol. The van der Waals surface area contributed by atoms with Gasteiger partial charge < -0.3 is 0 Å². The van der Waals surface area contributed by atoms with Crippen LogP contribution in [0.15, 0.2) is 12.3 Å². The molecule has 60 valence electrons. The molecule has 0 aliphatic rings. The summed E-state index contributed by atoms with van der Waals surface area (Å²) in [5.41, 5.74) is 0.452. The molecule has 0 aliphatic carbocycles. The zero-order valence-electron chi connectivity index (χ0n) is 6.31. The number of nitriles is 1. The highest BCUT2D eigenvalue weighted by atomic mass is 16.6. The number of rotatable bonds is 1. The second kappa shape index (κ2) is 2.96. The van der Waals surface area contributed by atoms with Crippen LogP contribution in [0.3, 0.4) is 0 Å². The highest BCUT2D eigenvalue weighted by Gasteiger charge is 2.11. The summed E-state index contributed by atoms with van der Waals surface area (Å²) in [6.07, 6.45) is 1.32. The SMILES string of the molecule is Cc1cnc(C#N)cc1[N+](=O)[O-]. The van der Waals surface area contributed by atoms with Gasteiger partial charge in [-0.3, -0.25) is 10.1 Å². The smallest absolute Gasteiger partial charge is 0.258 e. The molecular formula is C7H5N3O2. The van der Waals surface area contributed by atoms with E-state index >= 15 is 0 Å². The molecular weight excluding hydrogens is 158 g/mol. The Morgan fingerprint density at radius 3 is 2.92 bits per heavy atom. The Balaban J connectivity index is 3.28. The molecule has 0 aromatic carbocycles. The first-order valence-corrected chi connectivity index (χ1v) is 3.16. The van der Waals surface area contributed by atoms with Crippen molar-refractivity contribution >= 4 is 5.69 Å². The van der Waals surface area contributed by atoms with Crippen molar-refractivity contribution in [3.63, 3.8) is 0 Å². The summed E-state index contributed by atoms with van der Waals surface area (Å²) >= 11 is 0. The van der Waals surface area contributed by atoms with E-state index in [1.165, 1.54) is 6.20 Å². The third-order valence-corrected chi connectivity index (χ3v) is 1.39. The molecule has 0 atom stereocenters. The molecule has 1 heterocycles. The minimum absolute atomic E-state index is 0.0623. The zero-order valence-corrected chi connectivity index (χ0v) is 6.31. The predicted octanol–water partition coefficient (Wildman–Crippen LogP) is 1.17. The molecule has 0 amide bonds. The molecule has 5 heteroatoms. The fourth-order valence-corrected chi connectivity index (χ4v) is 0.771. The van der Waals surface area contributed by atoms with Crippen LogP contribution in [0, 0.1) is 28.4 Å². The molecule has 5 nitrogen and oxygen atoms in total. The van der Waals surface area contributed by atoms with E-state index in [9.17, 15) is 10.1 Å². The minimum atomic E-state index is -0.530. The van der Waals surface area contributed by atoms with E-state index < -0.39 is 4.92 Å². The van der Waals surface area contributed by atoms with Crippen molar-refractivity contribution in [1.82, 2.24) is 4.98 Å². The standard InChI is InChI=1S/C7H5N3O2/c1-5-4-9-6(3-8)2-7(5)10(11)12/h2,4H,1H3. The van der Waals surface area contributed by atoms with Gasteiger partial charge in [-0.25, -0.2) is 4.98 Å². The molecule has 0 unspecified atom stereocenters. The number of nitrogens with zero attached hydrogens (tertiary/aromatic N) is 3. The molecule has 12 heavy (non-hydrogen) atoms. The highest BCUT2D eigenvalue weighted by molar-refractivity contribution is 5.41. The van der Waals surface area contributed by atoms with Crippen LogP contribution in [0.2, 0.25) is 0 Å². The van der Waals surface area contributed by atoms with E-state index in [-0.39, 0.29) is 11.4 Å². The first-order chi connectivity index (χ1) is 5.65. The Hall–Kier alpha value is -1.96. The highest BCUT2D eigenvalue weighted by Crippen LogP contribution is 2.16. The Labute approximate surface area is 68.4 Å². The lowest BCUT2D eigenvalue weighted by Gasteiger charge is -1.94. The largest absolute Gasteiger partial charge is 0.276 e. The van der Waals surface area contributed by atoms with Crippen molar-refractivity contribution in [2.45, 2.75) is 6.92 Å². The lowest BCUT2D eigenvalue weighted by Crippen LogP contribution is -1.94. The van der Waals surface area contributed by atoms with Gasteiger partial charge in [-0.2, -0.15) is 5.26 Å². The Morgan fingerprint density at radius 2 is 2.42 bits per heavy atom. The van der Waals surface area contributed by atoms with Crippen molar-refractivity contribution in [3.8, 4) is 6.07 Å². The van der Waals surface area contributed by atoms with Crippen LogP contribution in [0.5, 0.6) is 0 Å². The van der Waals surface area contributed by atoms with Crippen molar-refractivity contribution in [3.05, 3.63) is 33.6 Å². The number of nitro groups is 1. The third kappa shape index (κ3) is 1.37.